The summed E-state index contributed by atoms with van der Waals surface area (Å²) in [6.45, 7) is 2.49. The number of piperidine rings is 1. The zero-order chi connectivity index (χ0) is 11.4. The number of rotatable bonds is 3. The second-order valence-electron chi connectivity index (χ2n) is 4.46. The second kappa shape index (κ2) is 5.43. The van der Waals surface area contributed by atoms with Gasteiger partial charge in [-0.25, -0.2) is 0 Å². The van der Waals surface area contributed by atoms with Gasteiger partial charge < -0.3 is 16.2 Å². The number of hydrogen-bond donors (Lipinski definition) is 3. The second-order valence-corrected chi connectivity index (χ2v) is 4.46. The van der Waals surface area contributed by atoms with E-state index in [0.29, 0.717) is 5.92 Å². The summed E-state index contributed by atoms with van der Waals surface area (Å²) in [6, 6.07) is 8.21. The topological polar surface area (TPSA) is 58.3 Å². The van der Waals surface area contributed by atoms with E-state index in [-0.39, 0.29) is 6.54 Å². The van der Waals surface area contributed by atoms with E-state index in [1.807, 2.05) is 12.1 Å². The van der Waals surface area contributed by atoms with Crippen LogP contribution in [0.3, 0.4) is 0 Å². The van der Waals surface area contributed by atoms with Crippen LogP contribution in [0.2, 0.25) is 0 Å². The van der Waals surface area contributed by atoms with Gasteiger partial charge in [-0.3, -0.25) is 0 Å². The summed E-state index contributed by atoms with van der Waals surface area (Å²) in [5, 5.41) is 13.0. The highest BCUT2D eigenvalue weighted by Gasteiger charge is 2.15. The van der Waals surface area contributed by atoms with Crippen LogP contribution in [0.5, 0.6) is 0 Å². The minimum absolute atomic E-state index is 0.282. The smallest absolute Gasteiger partial charge is 0.0912 e. The molecule has 3 nitrogen and oxygen atoms in total. The molecule has 0 aliphatic carbocycles. The lowest BCUT2D eigenvalue weighted by Crippen LogP contribution is -2.28. The first-order valence-electron chi connectivity index (χ1n) is 6.00. The molecule has 0 saturated carbocycles. The van der Waals surface area contributed by atoms with Gasteiger partial charge >= 0.3 is 0 Å². The van der Waals surface area contributed by atoms with E-state index in [1.165, 1.54) is 18.4 Å². The molecule has 0 spiro atoms. The minimum Gasteiger partial charge on any atom is -0.387 e. The van der Waals surface area contributed by atoms with Crippen LogP contribution in [0.15, 0.2) is 24.3 Å². The van der Waals surface area contributed by atoms with Crippen molar-refractivity contribution in [3.8, 4) is 0 Å². The molecule has 1 aliphatic rings. The Hall–Kier alpha value is -0.900. The molecular formula is C13H20N2O. The molecule has 16 heavy (non-hydrogen) atoms. The molecule has 1 aromatic rings. The van der Waals surface area contributed by atoms with Crippen molar-refractivity contribution < 1.29 is 5.11 Å². The van der Waals surface area contributed by atoms with Gasteiger partial charge in [0.15, 0.2) is 0 Å². The predicted octanol–water partition coefficient (Wildman–Crippen LogP) is 1.15. The first kappa shape index (κ1) is 11.6. The molecule has 2 rings (SSSR count). The molecule has 4 N–H and O–H groups in total. The van der Waals surface area contributed by atoms with Crippen molar-refractivity contribution in [2.45, 2.75) is 24.9 Å². The molecular weight excluding hydrogens is 200 g/mol. The van der Waals surface area contributed by atoms with Gasteiger partial charge in [0.25, 0.3) is 0 Å². The van der Waals surface area contributed by atoms with Crippen molar-refractivity contribution >= 4 is 0 Å². The number of nitrogens with two attached hydrogens (primary N) is 1. The molecule has 2 atom stereocenters. The Balaban J connectivity index is 2.06. The van der Waals surface area contributed by atoms with Gasteiger partial charge in [0, 0.05) is 13.1 Å². The first-order valence-corrected chi connectivity index (χ1v) is 6.00. The lowest BCUT2D eigenvalue weighted by Gasteiger charge is -2.23. The highest BCUT2D eigenvalue weighted by molar-refractivity contribution is 5.27. The van der Waals surface area contributed by atoms with Gasteiger partial charge in [0.1, 0.15) is 0 Å². The molecule has 88 valence electrons. The summed E-state index contributed by atoms with van der Waals surface area (Å²) in [4.78, 5) is 0. The fourth-order valence-electron chi connectivity index (χ4n) is 2.26. The van der Waals surface area contributed by atoms with Crippen molar-refractivity contribution in [3.63, 3.8) is 0 Å². The van der Waals surface area contributed by atoms with E-state index >= 15 is 0 Å². The van der Waals surface area contributed by atoms with Gasteiger partial charge in [-0.15, -0.1) is 0 Å². The standard InChI is InChI=1S/C13H20N2O/c14-8-13(16)11-5-3-10(4-6-11)12-2-1-7-15-9-12/h3-6,12-13,15-16H,1-2,7-9,14H2. The van der Waals surface area contributed by atoms with E-state index in [9.17, 15) is 5.11 Å². The van der Waals surface area contributed by atoms with Crippen molar-refractivity contribution in [2.75, 3.05) is 19.6 Å². The van der Waals surface area contributed by atoms with E-state index < -0.39 is 6.10 Å². The van der Waals surface area contributed by atoms with Crippen molar-refractivity contribution in [1.82, 2.24) is 5.32 Å². The molecule has 0 bridgehead atoms. The Morgan fingerprint density at radius 3 is 2.69 bits per heavy atom. The maximum atomic E-state index is 9.59. The molecule has 0 aromatic heterocycles. The van der Waals surface area contributed by atoms with Gasteiger partial charge in [0.2, 0.25) is 0 Å². The van der Waals surface area contributed by atoms with Gasteiger partial charge in [-0.05, 0) is 36.4 Å². The third-order valence-corrected chi connectivity index (χ3v) is 3.31. The summed E-state index contributed by atoms with van der Waals surface area (Å²) in [7, 11) is 0. The summed E-state index contributed by atoms with van der Waals surface area (Å²) in [6.07, 6.45) is 1.97. The number of benzene rings is 1. The summed E-state index contributed by atoms with van der Waals surface area (Å²) >= 11 is 0. The largest absolute Gasteiger partial charge is 0.387 e. The summed E-state index contributed by atoms with van der Waals surface area (Å²) in [5.41, 5.74) is 7.70. The maximum absolute atomic E-state index is 9.59. The summed E-state index contributed by atoms with van der Waals surface area (Å²) < 4.78 is 0. The van der Waals surface area contributed by atoms with Crippen LogP contribution in [-0.2, 0) is 0 Å². The van der Waals surface area contributed by atoms with Crippen LogP contribution in [0.1, 0.15) is 36.0 Å². The van der Waals surface area contributed by atoms with Crippen molar-refractivity contribution in [3.05, 3.63) is 35.4 Å². The monoisotopic (exact) mass is 220 g/mol. The molecule has 1 fully saturated rings. The molecule has 2 unspecified atom stereocenters. The van der Waals surface area contributed by atoms with Crippen LogP contribution >= 0.6 is 0 Å². The summed E-state index contributed by atoms with van der Waals surface area (Å²) in [5.74, 6) is 0.623. The first-order chi connectivity index (χ1) is 7.81. The van der Waals surface area contributed by atoms with Crippen molar-refractivity contribution in [1.29, 1.82) is 0 Å². The zero-order valence-corrected chi connectivity index (χ0v) is 9.52. The van der Waals surface area contributed by atoms with Crippen LogP contribution in [-0.4, -0.2) is 24.7 Å². The Morgan fingerprint density at radius 1 is 1.38 bits per heavy atom. The fourth-order valence-corrected chi connectivity index (χ4v) is 2.26. The van der Waals surface area contributed by atoms with Gasteiger partial charge in [-0.1, -0.05) is 24.3 Å². The molecule has 1 aliphatic heterocycles. The van der Waals surface area contributed by atoms with Gasteiger partial charge in [0.05, 0.1) is 6.10 Å². The highest BCUT2D eigenvalue weighted by atomic mass is 16.3. The molecule has 1 saturated heterocycles. The Morgan fingerprint density at radius 2 is 2.12 bits per heavy atom. The maximum Gasteiger partial charge on any atom is 0.0912 e. The molecule has 0 amide bonds. The quantitative estimate of drug-likeness (QED) is 0.716. The molecule has 3 heteroatoms. The number of aliphatic hydroxyl groups excluding tert-OH is 1. The predicted molar refractivity (Wildman–Crippen MR) is 65.3 cm³/mol. The van der Waals surface area contributed by atoms with E-state index in [0.717, 1.165) is 18.7 Å². The molecule has 0 radical (unpaired) electrons. The third-order valence-electron chi connectivity index (χ3n) is 3.31. The normalized spacial score (nSPS) is 23.0. The van der Waals surface area contributed by atoms with Crippen molar-refractivity contribution in [2.24, 2.45) is 5.73 Å². The lowest BCUT2D eigenvalue weighted by molar-refractivity contribution is 0.186. The Bertz CT molecular complexity index is 317. The average Bonchev–Trinajstić information content (AvgIpc) is 2.39. The minimum atomic E-state index is -0.529. The van der Waals surface area contributed by atoms with Gasteiger partial charge in [-0.2, -0.15) is 0 Å². The average molecular weight is 220 g/mol. The van der Waals surface area contributed by atoms with Crippen LogP contribution in [0.4, 0.5) is 0 Å². The van der Waals surface area contributed by atoms with E-state index in [1.54, 1.807) is 0 Å². The Labute approximate surface area is 96.7 Å². The fraction of sp³-hybridized carbons (Fsp3) is 0.538. The zero-order valence-electron chi connectivity index (χ0n) is 9.52. The molecule has 1 aromatic carbocycles. The molecule has 1 heterocycles. The van der Waals surface area contributed by atoms with E-state index in [2.05, 4.69) is 17.4 Å². The van der Waals surface area contributed by atoms with Crippen LogP contribution in [0.25, 0.3) is 0 Å². The lowest BCUT2D eigenvalue weighted by atomic mass is 9.91. The number of nitrogens with one attached hydrogen (secondary N) is 1. The number of aliphatic hydroxyl groups is 1. The number of hydrogen-bond acceptors (Lipinski definition) is 3. The van der Waals surface area contributed by atoms with Crippen LogP contribution < -0.4 is 11.1 Å². The highest BCUT2D eigenvalue weighted by Crippen LogP contribution is 2.24. The SMILES string of the molecule is NCC(O)c1ccc(C2CCCNC2)cc1. The third kappa shape index (κ3) is 2.61. The van der Waals surface area contributed by atoms with Crippen LogP contribution in [0, 0.1) is 0 Å². The Kier molecular flexibility index (Phi) is 3.93. The van der Waals surface area contributed by atoms with E-state index in [4.69, 9.17) is 5.73 Å².